The molecule has 1 saturated heterocycles. The number of amides is 1. The summed E-state index contributed by atoms with van der Waals surface area (Å²) in [5.41, 5.74) is -0.638. The molecule has 20 heavy (non-hydrogen) atoms. The van der Waals surface area contributed by atoms with Crippen LogP contribution in [0.2, 0.25) is 5.02 Å². The Morgan fingerprint density at radius 1 is 1.45 bits per heavy atom. The van der Waals surface area contributed by atoms with Crippen molar-refractivity contribution in [3.8, 4) is 0 Å². The second kappa shape index (κ2) is 6.01. The van der Waals surface area contributed by atoms with Gasteiger partial charge in [-0.1, -0.05) is 11.6 Å². The zero-order chi connectivity index (χ0) is 14.8. The predicted octanol–water partition coefficient (Wildman–Crippen LogP) is 3.44. The minimum Gasteiger partial charge on any atom is -0.325 e. The lowest BCUT2D eigenvalue weighted by molar-refractivity contribution is -0.137. The van der Waals surface area contributed by atoms with E-state index in [1.54, 1.807) is 0 Å². The molecule has 0 saturated carbocycles. The molecule has 0 spiro atoms. The van der Waals surface area contributed by atoms with Crippen molar-refractivity contribution in [2.24, 2.45) is 0 Å². The van der Waals surface area contributed by atoms with Gasteiger partial charge in [0.05, 0.1) is 16.3 Å². The molecule has 2 N–H and O–H groups in total. The van der Waals surface area contributed by atoms with Crippen molar-refractivity contribution in [1.82, 2.24) is 5.32 Å². The highest BCUT2D eigenvalue weighted by Crippen LogP contribution is 2.33. The van der Waals surface area contributed by atoms with Crippen LogP contribution in [0.15, 0.2) is 18.2 Å². The molecule has 1 aromatic rings. The maximum Gasteiger partial charge on any atom is 0.416 e. The Labute approximate surface area is 119 Å². The number of carbonyl (C=O) groups is 1. The molecule has 1 unspecified atom stereocenters. The van der Waals surface area contributed by atoms with Gasteiger partial charge in [-0.05, 0) is 37.6 Å². The van der Waals surface area contributed by atoms with Crippen LogP contribution in [0, 0.1) is 0 Å². The van der Waals surface area contributed by atoms with Gasteiger partial charge in [0.25, 0.3) is 0 Å². The third kappa shape index (κ3) is 3.86. The number of nitrogens with one attached hydrogen (secondary N) is 2. The molecule has 110 valence electrons. The number of carbonyl (C=O) groups excluding carboxylic acids is 1. The number of anilines is 1. The molecule has 1 aliphatic rings. The Balaban J connectivity index is 2.00. The third-order valence-electron chi connectivity index (χ3n) is 3.16. The molecule has 1 fully saturated rings. The number of alkyl halides is 3. The largest absolute Gasteiger partial charge is 0.416 e. The molecule has 2 rings (SSSR count). The lowest BCUT2D eigenvalue weighted by Crippen LogP contribution is -2.27. The van der Waals surface area contributed by atoms with Crippen LogP contribution in [-0.2, 0) is 11.0 Å². The summed E-state index contributed by atoms with van der Waals surface area (Å²) in [6.07, 6.45) is -2.20. The lowest BCUT2D eigenvalue weighted by Gasteiger charge is -2.13. The molecule has 0 radical (unpaired) electrons. The van der Waals surface area contributed by atoms with E-state index in [1.165, 1.54) is 6.07 Å². The average Bonchev–Trinajstić information content (AvgIpc) is 2.83. The van der Waals surface area contributed by atoms with Gasteiger partial charge in [-0.25, -0.2) is 0 Å². The van der Waals surface area contributed by atoms with Crippen molar-refractivity contribution in [1.29, 1.82) is 0 Å². The van der Waals surface area contributed by atoms with Gasteiger partial charge in [0, 0.05) is 12.5 Å². The van der Waals surface area contributed by atoms with Gasteiger partial charge in [-0.15, -0.1) is 0 Å². The van der Waals surface area contributed by atoms with E-state index >= 15 is 0 Å². The summed E-state index contributed by atoms with van der Waals surface area (Å²) in [4.78, 5) is 11.8. The van der Waals surface area contributed by atoms with E-state index in [0.717, 1.165) is 31.5 Å². The molecule has 1 atom stereocenters. The van der Waals surface area contributed by atoms with Crippen molar-refractivity contribution < 1.29 is 18.0 Å². The molecule has 0 aromatic heterocycles. The number of benzene rings is 1. The van der Waals surface area contributed by atoms with Crippen LogP contribution >= 0.6 is 11.6 Å². The van der Waals surface area contributed by atoms with Crippen LogP contribution in [0.4, 0.5) is 18.9 Å². The normalized spacial score (nSPS) is 19.1. The van der Waals surface area contributed by atoms with Crippen LogP contribution in [0.3, 0.4) is 0 Å². The standard InChI is InChI=1S/C13H14ClF3N2O/c14-10-6-8(13(15,16)17)3-4-11(10)19-12(20)7-9-2-1-5-18-9/h3-4,6,9,18H,1-2,5,7H2,(H,19,20). The van der Waals surface area contributed by atoms with E-state index in [4.69, 9.17) is 11.6 Å². The summed E-state index contributed by atoms with van der Waals surface area (Å²) < 4.78 is 37.4. The Kier molecular flexibility index (Phi) is 4.55. The fourth-order valence-corrected chi connectivity index (χ4v) is 2.38. The monoisotopic (exact) mass is 306 g/mol. The first-order chi connectivity index (χ1) is 9.36. The summed E-state index contributed by atoms with van der Waals surface area (Å²) in [7, 11) is 0. The summed E-state index contributed by atoms with van der Waals surface area (Å²) in [6, 6.07) is 3.01. The highest BCUT2D eigenvalue weighted by Gasteiger charge is 2.31. The second-order valence-electron chi connectivity index (χ2n) is 4.74. The fourth-order valence-electron chi connectivity index (χ4n) is 2.15. The number of hydrogen-bond donors (Lipinski definition) is 2. The summed E-state index contributed by atoms with van der Waals surface area (Å²) in [5.74, 6) is -0.258. The molecule has 1 amide bonds. The molecule has 1 heterocycles. The zero-order valence-electron chi connectivity index (χ0n) is 10.6. The van der Waals surface area contributed by atoms with Gasteiger partial charge < -0.3 is 10.6 Å². The molecular formula is C13H14ClF3N2O. The van der Waals surface area contributed by atoms with Crippen molar-refractivity contribution in [2.45, 2.75) is 31.5 Å². The van der Waals surface area contributed by atoms with Gasteiger partial charge in [0.2, 0.25) is 5.91 Å². The van der Waals surface area contributed by atoms with Crippen LogP contribution in [0.5, 0.6) is 0 Å². The van der Waals surface area contributed by atoms with Crippen molar-refractivity contribution >= 4 is 23.2 Å². The first kappa shape index (κ1) is 15.1. The van der Waals surface area contributed by atoms with E-state index in [1.807, 2.05) is 0 Å². The second-order valence-corrected chi connectivity index (χ2v) is 5.15. The Morgan fingerprint density at radius 2 is 2.20 bits per heavy atom. The van der Waals surface area contributed by atoms with E-state index < -0.39 is 11.7 Å². The molecule has 3 nitrogen and oxygen atoms in total. The maximum absolute atomic E-state index is 12.5. The number of hydrogen-bond acceptors (Lipinski definition) is 2. The van der Waals surface area contributed by atoms with Crippen molar-refractivity contribution in [2.75, 3.05) is 11.9 Å². The Morgan fingerprint density at radius 3 is 2.75 bits per heavy atom. The third-order valence-corrected chi connectivity index (χ3v) is 3.48. The summed E-state index contributed by atoms with van der Waals surface area (Å²) >= 11 is 5.77. The van der Waals surface area contributed by atoms with Gasteiger partial charge >= 0.3 is 6.18 Å². The SMILES string of the molecule is O=C(CC1CCCN1)Nc1ccc(C(F)(F)F)cc1Cl. The minimum atomic E-state index is -4.44. The molecule has 1 aromatic carbocycles. The van der Waals surface area contributed by atoms with Crippen LogP contribution < -0.4 is 10.6 Å². The Hall–Kier alpha value is -1.27. The quantitative estimate of drug-likeness (QED) is 0.898. The molecule has 0 bridgehead atoms. The van der Waals surface area contributed by atoms with E-state index in [-0.39, 0.29) is 29.1 Å². The number of halogens is 4. The van der Waals surface area contributed by atoms with E-state index in [2.05, 4.69) is 10.6 Å². The van der Waals surface area contributed by atoms with Gasteiger partial charge in [-0.2, -0.15) is 13.2 Å². The number of rotatable bonds is 3. The first-order valence-corrected chi connectivity index (χ1v) is 6.64. The van der Waals surface area contributed by atoms with Gasteiger partial charge in [0.1, 0.15) is 0 Å². The summed E-state index contributed by atoms with van der Waals surface area (Å²) in [6.45, 7) is 0.888. The van der Waals surface area contributed by atoms with E-state index in [9.17, 15) is 18.0 Å². The summed E-state index contributed by atoms with van der Waals surface area (Å²) in [5, 5.41) is 5.59. The highest BCUT2D eigenvalue weighted by atomic mass is 35.5. The smallest absolute Gasteiger partial charge is 0.325 e. The predicted molar refractivity (Wildman–Crippen MR) is 70.7 cm³/mol. The molecule has 0 aliphatic carbocycles. The lowest BCUT2D eigenvalue weighted by atomic mass is 10.1. The minimum absolute atomic E-state index is 0.118. The van der Waals surface area contributed by atoms with Crippen molar-refractivity contribution in [3.05, 3.63) is 28.8 Å². The van der Waals surface area contributed by atoms with Gasteiger partial charge in [-0.3, -0.25) is 4.79 Å². The first-order valence-electron chi connectivity index (χ1n) is 6.26. The van der Waals surface area contributed by atoms with Crippen LogP contribution in [0.25, 0.3) is 0 Å². The zero-order valence-corrected chi connectivity index (χ0v) is 11.3. The average molecular weight is 307 g/mol. The molecular weight excluding hydrogens is 293 g/mol. The van der Waals surface area contributed by atoms with E-state index in [0.29, 0.717) is 0 Å². The van der Waals surface area contributed by atoms with Crippen LogP contribution in [-0.4, -0.2) is 18.5 Å². The highest BCUT2D eigenvalue weighted by molar-refractivity contribution is 6.33. The van der Waals surface area contributed by atoms with Crippen molar-refractivity contribution in [3.63, 3.8) is 0 Å². The van der Waals surface area contributed by atoms with Crippen LogP contribution in [0.1, 0.15) is 24.8 Å². The maximum atomic E-state index is 12.5. The molecule has 1 aliphatic heterocycles. The topological polar surface area (TPSA) is 41.1 Å². The fraction of sp³-hybridized carbons (Fsp3) is 0.462. The molecule has 7 heteroatoms. The Bertz CT molecular complexity index is 499. The van der Waals surface area contributed by atoms with Gasteiger partial charge in [0.15, 0.2) is 0 Å².